The van der Waals surface area contributed by atoms with Crippen molar-refractivity contribution in [1.29, 1.82) is 0 Å². The standard InChI is InChI=1S/C12H15ClN2O2/c1-8-4-2-3-7-15(8)11-10(13)9(12(16)17)5-6-14-11/h5-6,8H,2-4,7H2,1H3,(H,16,17). The summed E-state index contributed by atoms with van der Waals surface area (Å²) in [7, 11) is 0. The summed E-state index contributed by atoms with van der Waals surface area (Å²) in [6, 6.07) is 1.79. The van der Waals surface area contributed by atoms with Crippen LogP contribution in [-0.4, -0.2) is 28.6 Å². The van der Waals surface area contributed by atoms with E-state index in [4.69, 9.17) is 16.7 Å². The van der Waals surface area contributed by atoms with Crippen molar-refractivity contribution in [3.05, 3.63) is 22.8 Å². The number of aromatic carboxylic acids is 1. The molecule has 1 aliphatic heterocycles. The highest BCUT2D eigenvalue weighted by atomic mass is 35.5. The maximum Gasteiger partial charge on any atom is 0.337 e. The molecule has 0 aromatic carbocycles. The SMILES string of the molecule is CC1CCCCN1c1nccc(C(=O)O)c1Cl. The number of hydrogen-bond donors (Lipinski definition) is 1. The number of piperidine rings is 1. The Labute approximate surface area is 105 Å². The van der Waals surface area contributed by atoms with E-state index in [2.05, 4.69) is 16.8 Å². The Morgan fingerprint density at radius 1 is 1.59 bits per heavy atom. The number of nitrogens with zero attached hydrogens (tertiary/aromatic N) is 2. The lowest BCUT2D eigenvalue weighted by Gasteiger charge is -2.35. The maximum absolute atomic E-state index is 11.0. The fourth-order valence-corrected chi connectivity index (χ4v) is 2.51. The summed E-state index contributed by atoms with van der Waals surface area (Å²) in [5.41, 5.74) is 0.120. The van der Waals surface area contributed by atoms with E-state index < -0.39 is 5.97 Å². The Morgan fingerprint density at radius 3 is 3.00 bits per heavy atom. The topological polar surface area (TPSA) is 53.4 Å². The van der Waals surface area contributed by atoms with Gasteiger partial charge in [0.25, 0.3) is 0 Å². The lowest BCUT2D eigenvalue weighted by molar-refractivity contribution is 0.0697. The summed E-state index contributed by atoms with van der Waals surface area (Å²) in [5.74, 6) is -0.415. The van der Waals surface area contributed by atoms with E-state index in [1.165, 1.54) is 18.7 Å². The van der Waals surface area contributed by atoms with Gasteiger partial charge >= 0.3 is 5.97 Å². The van der Waals surface area contributed by atoms with Crippen molar-refractivity contribution in [3.8, 4) is 0 Å². The van der Waals surface area contributed by atoms with E-state index in [0.717, 1.165) is 19.4 Å². The second kappa shape index (κ2) is 4.92. The zero-order chi connectivity index (χ0) is 12.4. The Hall–Kier alpha value is -1.29. The van der Waals surface area contributed by atoms with Crippen LogP contribution in [0.2, 0.25) is 5.02 Å². The summed E-state index contributed by atoms with van der Waals surface area (Å²) in [6.45, 7) is 3.00. The molecular weight excluding hydrogens is 240 g/mol. The lowest BCUT2D eigenvalue weighted by atomic mass is 10.0. The maximum atomic E-state index is 11.0. The van der Waals surface area contributed by atoms with Gasteiger partial charge in [-0.2, -0.15) is 0 Å². The highest BCUT2D eigenvalue weighted by Gasteiger charge is 2.24. The quantitative estimate of drug-likeness (QED) is 0.882. The van der Waals surface area contributed by atoms with E-state index in [0.29, 0.717) is 11.9 Å². The zero-order valence-corrected chi connectivity index (χ0v) is 10.4. The molecule has 2 rings (SSSR count). The first-order chi connectivity index (χ1) is 8.11. The minimum atomic E-state index is -1.01. The van der Waals surface area contributed by atoms with Gasteiger partial charge in [-0.25, -0.2) is 9.78 Å². The number of carboxylic acids is 1. The molecule has 17 heavy (non-hydrogen) atoms. The van der Waals surface area contributed by atoms with Crippen LogP contribution >= 0.6 is 11.6 Å². The number of pyridine rings is 1. The Kier molecular flexibility index (Phi) is 3.52. The van der Waals surface area contributed by atoms with Crippen molar-refractivity contribution >= 4 is 23.4 Å². The van der Waals surface area contributed by atoms with Crippen molar-refractivity contribution < 1.29 is 9.90 Å². The number of hydrogen-bond acceptors (Lipinski definition) is 3. The molecule has 5 heteroatoms. The molecule has 92 valence electrons. The van der Waals surface area contributed by atoms with Crippen LogP contribution in [0.15, 0.2) is 12.3 Å². The Balaban J connectivity index is 2.38. The molecule has 1 fully saturated rings. The fraction of sp³-hybridized carbons (Fsp3) is 0.500. The molecule has 0 aliphatic carbocycles. The predicted molar refractivity (Wildman–Crippen MR) is 66.9 cm³/mol. The van der Waals surface area contributed by atoms with Crippen LogP contribution in [0.3, 0.4) is 0 Å². The van der Waals surface area contributed by atoms with Crippen LogP contribution in [0.1, 0.15) is 36.5 Å². The van der Waals surface area contributed by atoms with Gasteiger partial charge in [0.2, 0.25) is 0 Å². The smallest absolute Gasteiger partial charge is 0.337 e. The molecule has 0 radical (unpaired) electrons. The first-order valence-corrected chi connectivity index (χ1v) is 6.13. The van der Waals surface area contributed by atoms with Gasteiger partial charge in [-0.15, -0.1) is 0 Å². The lowest BCUT2D eigenvalue weighted by Crippen LogP contribution is -2.38. The zero-order valence-electron chi connectivity index (χ0n) is 9.69. The molecule has 1 aromatic heterocycles. The second-order valence-corrected chi connectivity index (χ2v) is 4.72. The van der Waals surface area contributed by atoms with Crippen LogP contribution in [-0.2, 0) is 0 Å². The van der Waals surface area contributed by atoms with Gasteiger partial charge in [-0.05, 0) is 32.3 Å². The van der Waals surface area contributed by atoms with E-state index in [-0.39, 0.29) is 10.6 Å². The monoisotopic (exact) mass is 254 g/mol. The van der Waals surface area contributed by atoms with E-state index in [1.54, 1.807) is 0 Å². The number of anilines is 1. The number of halogens is 1. The van der Waals surface area contributed by atoms with Gasteiger partial charge in [0.15, 0.2) is 0 Å². The molecule has 1 saturated heterocycles. The van der Waals surface area contributed by atoms with E-state index >= 15 is 0 Å². The summed E-state index contributed by atoms with van der Waals surface area (Å²) in [6.07, 6.45) is 4.90. The van der Waals surface area contributed by atoms with Gasteiger partial charge < -0.3 is 10.0 Å². The van der Waals surface area contributed by atoms with E-state index in [9.17, 15) is 4.79 Å². The van der Waals surface area contributed by atoms with Crippen LogP contribution in [0.4, 0.5) is 5.82 Å². The molecule has 1 unspecified atom stereocenters. The minimum Gasteiger partial charge on any atom is -0.478 e. The third-order valence-electron chi connectivity index (χ3n) is 3.18. The van der Waals surface area contributed by atoms with Crippen LogP contribution in [0, 0.1) is 0 Å². The summed E-state index contributed by atoms with van der Waals surface area (Å²) < 4.78 is 0. The van der Waals surface area contributed by atoms with Crippen LogP contribution in [0.5, 0.6) is 0 Å². The molecule has 0 saturated carbocycles. The van der Waals surface area contributed by atoms with Gasteiger partial charge in [0, 0.05) is 18.8 Å². The van der Waals surface area contributed by atoms with Crippen molar-refractivity contribution in [3.63, 3.8) is 0 Å². The molecule has 0 amide bonds. The minimum absolute atomic E-state index is 0.120. The van der Waals surface area contributed by atoms with Crippen molar-refractivity contribution in [2.24, 2.45) is 0 Å². The van der Waals surface area contributed by atoms with Gasteiger partial charge in [-0.1, -0.05) is 11.6 Å². The molecule has 2 heterocycles. The normalized spacial score (nSPS) is 20.4. The molecule has 0 spiro atoms. The molecule has 4 nitrogen and oxygen atoms in total. The highest BCUT2D eigenvalue weighted by molar-refractivity contribution is 6.35. The highest BCUT2D eigenvalue weighted by Crippen LogP contribution is 2.31. The average molecular weight is 255 g/mol. The number of aromatic nitrogens is 1. The molecule has 0 bridgehead atoms. The fourth-order valence-electron chi connectivity index (χ4n) is 2.21. The van der Waals surface area contributed by atoms with Gasteiger partial charge in [0.05, 0.1) is 10.6 Å². The Bertz CT molecular complexity index is 437. The number of carboxylic acid groups (broad SMARTS) is 1. The number of rotatable bonds is 2. The van der Waals surface area contributed by atoms with Crippen molar-refractivity contribution in [2.45, 2.75) is 32.2 Å². The van der Waals surface area contributed by atoms with Gasteiger partial charge in [0.1, 0.15) is 5.82 Å². The molecule has 1 N–H and O–H groups in total. The third kappa shape index (κ3) is 2.36. The van der Waals surface area contributed by atoms with Crippen molar-refractivity contribution in [2.75, 3.05) is 11.4 Å². The Morgan fingerprint density at radius 2 is 2.35 bits per heavy atom. The molecular formula is C12H15ClN2O2. The summed E-state index contributed by atoms with van der Waals surface area (Å²) >= 11 is 6.12. The first kappa shape index (κ1) is 12.2. The van der Waals surface area contributed by atoms with E-state index in [1.807, 2.05) is 0 Å². The molecule has 1 atom stereocenters. The average Bonchev–Trinajstić information content (AvgIpc) is 2.30. The summed E-state index contributed by atoms with van der Waals surface area (Å²) in [4.78, 5) is 17.3. The van der Waals surface area contributed by atoms with Crippen LogP contribution in [0.25, 0.3) is 0 Å². The number of carbonyl (C=O) groups is 1. The second-order valence-electron chi connectivity index (χ2n) is 4.34. The third-order valence-corrected chi connectivity index (χ3v) is 3.55. The van der Waals surface area contributed by atoms with Gasteiger partial charge in [-0.3, -0.25) is 0 Å². The first-order valence-electron chi connectivity index (χ1n) is 5.75. The predicted octanol–water partition coefficient (Wildman–Crippen LogP) is 2.81. The molecule has 1 aromatic rings. The van der Waals surface area contributed by atoms with Crippen molar-refractivity contribution in [1.82, 2.24) is 4.98 Å². The summed E-state index contributed by atoms with van der Waals surface area (Å²) in [5, 5.41) is 9.27. The molecule has 1 aliphatic rings. The largest absolute Gasteiger partial charge is 0.478 e. The van der Waals surface area contributed by atoms with Crippen LogP contribution < -0.4 is 4.90 Å².